The summed E-state index contributed by atoms with van der Waals surface area (Å²) in [5.74, 6) is -0.303. The topological polar surface area (TPSA) is 49.4 Å². The largest absolute Gasteiger partial charge is 0.351 e. The van der Waals surface area contributed by atoms with Gasteiger partial charge in [0.1, 0.15) is 17.7 Å². The van der Waals surface area contributed by atoms with Crippen molar-refractivity contribution < 1.29 is 14.0 Å². The maximum atomic E-state index is 13.6. The van der Waals surface area contributed by atoms with Crippen molar-refractivity contribution in [1.82, 2.24) is 10.2 Å². The van der Waals surface area contributed by atoms with E-state index in [1.807, 2.05) is 31.2 Å². The van der Waals surface area contributed by atoms with Gasteiger partial charge in [-0.1, -0.05) is 68.7 Å². The molecule has 2 amide bonds. The fraction of sp³-hybridized carbons (Fsp3) is 0.481. The molecule has 178 valence electrons. The van der Waals surface area contributed by atoms with Crippen LogP contribution < -0.4 is 5.32 Å². The highest BCUT2D eigenvalue weighted by molar-refractivity contribution is 6.27. The Balaban J connectivity index is 1.88. The fourth-order valence-corrected chi connectivity index (χ4v) is 4.80. The SMILES string of the molecule is Cc1ccc(CCN(C(=O)CCl)C(C(=O)NC2CCCC(C)C2C)c2ccc(F)cc2)cc1. The first-order valence-electron chi connectivity index (χ1n) is 11.8. The summed E-state index contributed by atoms with van der Waals surface area (Å²) in [5.41, 5.74) is 2.81. The minimum Gasteiger partial charge on any atom is -0.351 e. The van der Waals surface area contributed by atoms with Gasteiger partial charge in [-0.15, -0.1) is 11.6 Å². The zero-order valence-electron chi connectivity index (χ0n) is 19.7. The molecule has 4 nitrogen and oxygen atoms in total. The summed E-state index contributed by atoms with van der Waals surface area (Å²) in [5, 5.41) is 3.21. The van der Waals surface area contributed by atoms with Crippen LogP contribution in [0, 0.1) is 24.6 Å². The third-order valence-corrected chi connectivity index (χ3v) is 7.21. The molecular weight excluding hydrogens is 439 g/mol. The van der Waals surface area contributed by atoms with E-state index in [2.05, 4.69) is 19.2 Å². The maximum absolute atomic E-state index is 13.6. The van der Waals surface area contributed by atoms with Crippen molar-refractivity contribution in [3.8, 4) is 0 Å². The van der Waals surface area contributed by atoms with Gasteiger partial charge in [0.05, 0.1) is 0 Å². The maximum Gasteiger partial charge on any atom is 0.247 e. The lowest BCUT2D eigenvalue weighted by molar-refractivity contribution is -0.139. The molecule has 0 bridgehead atoms. The number of carbonyl (C=O) groups is 2. The predicted molar refractivity (Wildman–Crippen MR) is 131 cm³/mol. The van der Waals surface area contributed by atoms with Crippen molar-refractivity contribution in [3.05, 3.63) is 71.0 Å². The lowest BCUT2D eigenvalue weighted by Crippen LogP contribution is -2.50. The molecule has 0 saturated heterocycles. The smallest absolute Gasteiger partial charge is 0.247 e. The van der Waals surface area contributed by atoms with Gasteiger partial charge >= 0.3 is 0 Å². The first kappa shape index (κ1) is 25.2. The average Bonchev–Trinajstić information content (AvgIpc) is 2.81. The van der Waals surface area contributed by atoms with E-state index in [9.17, 15) is 14.0 Å². The summed E-state index contributed by atoms with van der Waals surface area (Å²) in [7, 11) is 0. The van der Waals surface area contributed by atoms with Gasteiger partial charge in [-0.05, 0) is 54.9 Å². The number of hydrogen-bond donors (Lipinski definition) is 1. The Hall–Kier alpha value is -2.40. The third-order valence-electron chi connectivity index (χ3n) is 6.98. The Labute approximate surface area is 201 Å². The Morgan fingerprint density at radius 1 is 1.09 bits per heavy atom. The van der Waals surface area contributed by atoms with Gasteiger partial charge in [0.15, 0.2) is 0 Å². The minimum atomic E-state index is -0.869. The van der Waals surface area contributed by atoms with E-state index in [4.69, 9.17) is 11.6 Å². The van der Waals surface area contributed by atoms with Gasteiger partial charge in [-0.25, -0.2) is 4.39 Å². The van der Waals surface area contributed by atoms with Crippen LogP contribution in [0.5, 0.6) is 0 Å². The molecule has 0 aliphatic heterocycles. The van der Waals surface area contributed by atoms with Crippen LogP contribution in [0.25, 0.3) is 0 Å². The summed E-state index contributed by atoms with van der Waals surface area (Å²) < 4.78 is 13.6. The number of hydrogen-bond acceptors (Lipinski definition) is 2. The summed E-state index contributed by atoms with van der Waals surface area (Å²) >= 11 is 5.96. The van der Waals surface area contributed by atoms with Crippen LogP contribution in [0.3, 0.4) is 0 Å². The number of amides is 2. The van der Waals surface area contributed by atoms with Crippen molar-refractivity contribution >= 4 is 23.4 Å². The van der Waals surface area contributed by atoms with Crippen LogP contribution in [0.1, 0.15) is 55.8 Å². The first-order valence-corrected chi connectivity index (χ1v) is 12.3. The molecule has 1 aliphatic rings. The normalized spacial score (nSPS) is 21.3. The molecule has 1 aliphatic carbocycles. The molecule has 0 radical (unpaired) electrons. The summed E-state index contributed by atoms with van der Waals surface area (Å²) in [6, 6.07) is 13.1. The third kappa shape index (κ3) is 6.57. The monoisotopic (exact) mass is 472 g/mol. The Morgan fingerprint density at radius 3 is 2.39 bits per heavy atom. The molecule has 3 rings (SSSR count). The van der Waals surface area contributed by atoms with Crippen LogP contribution in [0.15, 0.2) is 48.5 Å². The second kappa shape index (κ2) is 11.6. The van der Waals surface area contributed by atoms with Gasteiger partial charge < -0.3 is 10.2 Å². The van der Waals surface area contributed by atoms with Crippen LogP contribution in [0.2, 0.25) is 0 Å². The zero-order valence-corrected chi connectivity index (χ0v) is 20.4. The highest BCUT2D eigenvalue weighted by atomic mass is 35.5. The van der Waals surface area contributed by atoms with E-state index in [1.54, 1.807) is 12.1 Å². The Kier molecular flexibility index (Phi) is 8.90. The minimum absolute atomic E-state index is 0.0502. The molecule has 2 aromatic carbocycles. The van der Waals surface area contributed by atoms with Crippen molar-refractivity contribution in [2.75, 3.05) is 12.4 Å². The van der Waals surface area contributed by atoms with Crippen LogP contribution in [-0.4, -0.2) is 35.2 Å². The summed E-state index contributed by atoms with van der Waals surface area (Å²) in [4.78, 5) is 28.1. The van der Waals surface area contributed by atoms with Gasteiger partial charge in [-0.2, -0.15) is 0 Å². The number of benzene rings is 2. The predicted octanol–water partition coefficient (Wildman–Crippen LogP) is 5.43. The molecule has 6 heteroatoms. The summed E-state index contributed by atoms with van der Waals surface area (Å²) in [6.45, 7) is 6.74. The van der Waals surface area contributed by atoms with E-state index < -0.39 is 6.04 Å². The Morgan fingerprint density at radius 2 is 1.76 bits per heavy atom. The van der Waals surface area contributed by atoms with Crippen LogP contribution >= 0.6 is 11.6 Å². The standard InChI is InChI=1S/C27H34ClFN2O2/c1-18-7-9-21(10-8-18)15-16-31(25(32)17-28)26(22-11-13-23(29)14-12-22)27(33)30-24-6-4-5-19(2)20(24)3/h7-14,19-20,24,26H,4-6,15-17H2,1-3H3,(H,30,33). The molecule has 4 atom stereocenters. The zero-order chi connectivity index (χ0) is 24.0. The molecule has 1 N–H and O–H groups in total. The van der Waals surface area contributed by atoms with E-state index in [0.29, 0.717) is 30.4 Å². The van der Waals surface area contributed by atoms with Crippen molar-refractivity contribution in [2.45, 2.75) is 58.5 Å². The molecule has 0 spiro atoms. The van der Waals surface area contributed by atoms with E-state index in [-0.39, 0.29) is 29.6 Å². The number of rotatable bonds is 8. The number of nitrogens with zero attached hydrogens (tertiary/aromatic N) is 1. The second-order valence-electron chi connectivity index (χ2n) is 9.29. The van der Waals surface area contributed by atoms with E-state index in [1.165, 1.54) is 17.0 Å². The highest BCUT2D eigenvalue weighted by Gasteiger charge is 2.35. The lowest BCUT2D eigenvalue weighted by Gasteiger charge is -2.37. The van der Waals surface area contributed by atoms with Crippen LogP contribution in [0.4, 0.5) is 4.39 Å². The summed E-state index contributed by atoms with van der Waals surface area (Å²) in [6.07, 6.45) is 3.72. The van der Waals surface area contributed by atoms with Gasteiger partial charge in [0.25, 0.3) is 0 Å². The molecule has 33 heavy (non-hydrogen) atoms. The molecule has 0 aromatic heterocycles. The van der Waals surface area contributed by atoms with Crippen molar-refractivity contribution in [1.29, 1.82) is 0 Å². The van der Waals surface area contributed by atoms with Gasteiger partial charge in [0.2, 0.25) is 11.8 Å². The molecule has 2 aromatic rings. The Bertz CT molecular complexity index is 932. The molecule has 0 heterocycles. The van der Waals surface area contributed by atoms with Crippen LogP contribution in [-0.2, 0) is 16.0 Å². The number of alkyl halides is 1. The molecule has 1 saturated carbocycles. The fourth-order valence-electron chi connectivity index (χ4n) is 4.64. The molecular formula is C27H34ClFN2O2. The molecule has 1 fully saturated rings. The quantitative estimate of drug-likeness (QED) is 0.521. The number of halogens is 2. The second-order valence-corrected chi connectivity index (χ2v) is 9.56. The van der Waals surface area contributed by atoms with E-state index in [0.717, 1.165) is 30.4 Å². The van der Waals surface area contributed by atoms with Gasteiger partial charge in [-0.3, -0.25) is 9.59 Å². The van der Waals surface area contributed by atoms with Crippen molar-refractivity contribution in [2.24, 2.45) is 11.8 Å². The average molecular weight is 473 g/mol. The first-order chi connectivity index (χ1) is 15.8. The number of nitrogens with one attached hydrogen (secondary N) is 1. The van der Waals surface area contributed by atoms with Crippen molar-refractivity contribution in [3.63, 3.8) is 0 Å². The molecule has 4 unspecified atom stereocenters. The van der Waals surface area contributed by atoms with Gasteiger partial charge in [0, 0.05) is 12.6 Å². The lowest BCUT2D eigenvalue weighted by atomic mass is 9.78. The highest BCUT2D eigenvalue weighted by Crippen LogP contribution is 2.31. The number of carbonyl (C=O) groups excluding carboxylic acids is 2. The number of aryl methyl sites for hydroxylation is 1. The van der Waals surface area contributed by atoms with E-state index >= 15 is 0 Å².